The summed E-state index contributed by atoms with van der Waals surface area (Å²) in [7, 11) is -3.77. The fourth-order valence-corrected chi connectivity index (χ4v) is 4.98. The normalized spacial score (nSPS) is 19.1. The standard InChI is InChI=1S/C19H22N4O3S/c1-15-6-8-16(9-7-15)23-14-22(13-18(24)21-11-2-3-12-21)27(25,26)17-5-4-10-20-19(17)23/h4-10H,2-3,11-14H2,1H3. The summed E-state index contributed by atoms with van der Waals surface area (Å²) in [6.45, 7) is 3.31. The minimum Gasteiger partial charge on any atom is -0.342 e. The largest absolute Gasteiger partial charge is 0.342 e. The summed E-state index contributed by atoms with van der Waals surface area (Å²) in [4.78, 5) is 20.6. The van der Waals surface area contributed by atoms with E-state index in [1.807, 2.05) is 36.1 Å². The maximum Gasteiger partial charge on any atom is 0.248 e. The van der Waals surface area contributed by atoms with Crippen molar-refractivity contribution >= 4 is 27.4 Å². The number of pyridine rings is 1. The Morgan fingerprint density at radius 3 is 2.52 bits per heavy atom. The second-order valence-electron chi connectivity index (χ2n) is 6.93. The van der Waals surface area contributed by atoms with E-state index in [1.165, 1.54) is 4.31 Å². The number of anilines is 2. The van der Waals surface area contributed by atoms with E-state index >= 15 is 0 Å². The van der Waals surface area contributed by atoms with E-state index in [0.717, 1.165) is 24.1 Å². The number of aryl methyl sites for hydroxylation is 1. The van der Waals surface area contributed by atoms with Gasteiger partial charge in [0.15, 0.2) is 5.82 Å². The SMILES string of the molecule is Cc1ccc(N2CN(CC(=O)N3CCCC3)S(=O)(=O)c3cccnc32)cc1. The average Bonchev–Trinajstić information content (AvgIpc) is 3.20. The Hall–Kier alpha value is -2.45. The summed E-state index contributed by atoms with van der Waals surface area (Å²) >= 11 is 0. The van der Waals surface area contributed by atoms with Crippen molar-refractivity contribution in [3.05, 3.63) is 48.2 Å². The molecule has 27 heavy (non-hydrogen) atoms. The number of fused-ring (bicyclic) bond motifs is 1. The molecule has 1 fully saturated rings. The Morgan fingerprint density at radius 1 is 1.11 bits per heavy atom. The highest BCUT2D eigenvalue weighted by Crippen LogP contribution is 2.36. The first-order chi connectivity index (χ1) is 13.0. The number of likely N-dealkylation sites (tertiary alicyclic amines) is 1. The van der Waals surface area contributed by atoms with Gasteiger partial charge in [0.05, 0.1) is 13.2 Å². The van der Waals surface area contributed by atoms with Crippen LogP contribution in [0.15, 0.2) is 47.5 Å². The molecular weight excluding hydrogens is 364 g/mol. The molecule has 1 saturated heterocycles. The molecule has 3 heterocycles. The van der Waals surface area contributed by atoms with Gasteiger partial charge in [-0.2, -0.15) is 4.31 Å². The number of hydrogen-bond acceptors (Lipinski definition) is 5. The predicted octanol–water partition coefficient (Wildman–Crippen LogP) is 2.11. The van der Waals surface area contributed by atoms with Crippen molar-refractivity contribution in [1.29, 1.82) is 0 Å². The molecule has 0 aliphatic carbocycles. The van der Waals surface area contributed by atoms with Gasteiger partial charge in [-0.3, -0.25) is 4.79 Å². The first kappa shape index (κ1) is 17.9. The zero-order chi connectivity index (χ0) is 19.0. The summed E-state index contributed by atoms with van der Waals surface area (Å²) in [6.07, 6.45) is 3.53. The molecule has 0 N–H and O–H groups in total. The molecule has 0 saturated carbocycles. The highest BCUT2D eigenvalue weighted by molar-refractivity contribution is 7.89. The lowest BCUT2D eigenvalue weighted by molar-refractivity contribution is -0.130. The van der Waals surface area contributed by atoms with E-state index in [-0.39, 0.29) is 24.0 Å². The Morgan fingerprint density at radius 2 is 1.81 bits per heavy atom. The molecule has 2 aliphatic rings. The lowest BCUT2D eigenvalue weighted by Gasteiger charge is -2.36. The van der Waals surface area contributed by atoms with Crippen molar-refractivity contribution in [2.75, 3.05) is 31.2 Å². The van der Waals surface area contributed by atoms with Gasteiger partial charge in [0.2, 0.25) is 15.9 Å². The average molecular weight is 386 g/mol. The molecule has 7 nitrogen and oxygen atoms in total. The van der Waals surface area contributed by atoms with Gasteiger partial charge in [-0.25, -0.2) is 13.4 Å². The van der Waals surface area contributed by atoms with E-state index in [4.69, 9.17) is 0 Å². The zero-order valence-electron chi connectivity index (χ0n) is 15.2. The number of rotatable bonds is 3. The maximum atomic E-state index is 13.1. The van der Waals surface area contributed by atoms with E-state index in [1.54, 1.807) is 23.2 Å². The summed E-state index contributed by atoms with van der Waals surface area (Å²) in [5.74, 6) is 0.249. The first-order valence-corrected chi connectivity index (χ1v) is 10.5. The number of carbonyl (C=O) groups is 1. The van der Waals surface area contributed by atoms with Gasteiger partial charge in [-0.1, -0.05) is 17.7 Å². The Balaban J connectivity index is 1.71. The first-order valence-electron chi connectivity index (χ1n) is 9.04. The molecule has 0 unspecified atom stereocenters. The molecule has 1 amide bonds. The fraction of sp³-hybridized carbons (Fsp3) is 0.368. The molecule has 1 aromatic heterocycles. The third kappa shape index (κ3) is 3.30. The number of hydrogen-bond donors (Lipinski definition) is 0. The van der Waals surface area contributed by atoms with Crippen LogP contribution in [0.25, 0.3) is 0 Å². The minimum absolute atomic E-state index is 0.0645. The summed E-state index contributed by atoms with van der Waals surface area (Å²) in [5, 5.41) is 0. The van der Waals surface area contributed by atoms with Gasteiger partial charge < -0.3 is 9.80 Å². The molecule has 0 spiro atoms. The quantitative estimate of drug-likeness (QED) is 0.808. The Kier molecular flexibility index (Phi) is 4.61. The monoisotopic (exact) mass is 386 g/mol. The van der Waals surface area contributed by atoms with Gasteiger partial charge in [0.1, 0.15) is 4.90 Å². The van der Waals surface area contributed by atoms with Gasteiger partial charge in [-0.15, -0.1) is 0 Å². The zero-order valence-corrected chi connectivity index (χ0v) is 16.0. The smallest absolute Gasteiger partial charge is 0.248 e. The second kappa shape index (κ2) is 6.94. The van der Waals surface area contributed by atoms with Crippen LogP contribution in [0.3, 0.4) is 0 Å². The molecule has 2 aromatic rings. The highest BCUT2D eigenvalue weighted by Gasteiger charge is 2.38. The molecule has 0 bridgehead atoms. The molecular formula is C19H22N4O3S. The summed E-state index contributed by atoms with van der Waals surface area (Å²) in [6, 6.07) is 11.0. The fourth-order valence-electron chi connectivity index (χ4n) is 3.51. The Bertz CT molecular complexity index is 953. The van der Waals surface area contributed by atoms with Crippen molar-refractivity contribution < 1.29 is 13.2 Å². The highest BCUT2D eigenvalue weighted by atomic mass is 32.2. The van der Waals surface area contributed by atoms with E-state index in [0.29, 0.717) is 18.9 Å². The van der Waals surface area contributed by atoms with Crippen molar-refractivity contribution in [2.24, 2.45) is 0 Å². The molecule has 142 valence electrons. The number of carbonyl (C=O) groups excluding carboxylic acids is 1. The van der Waals surface area contributed by atoms with E-state index in [9.17, 15) is 13.2 Å². The van der Waals surface area contributed by atoms with Gasteiger partial charge in [-0.05, 0) is 44.0 Å². The van der Waals surface area contributed by atoms with Gasteiger partial charge in [0.25, 0.3) is 0 Å². The second-order valence-corrected chi connectivity index (χ2v) is 8.84. The van der Waals surface area contributed by atoms with Gasteiger partial charge >= 0.3 is 0 Å². The van der Waals surface area contributed by atoms with Crippen LogP contribution < -0.4 is 4.90 Å². The van der Waals surface area contributed by atoms with Crippen LogP contribution in [0.5, 0.6) is 0 Å². The van der Waals surface area contributed by atoms with Crippen molar-refractivity contribution in [3.63, 3.8) is 0 Å². The molecule has 1 aromatic carbocycles. The summed E-state index contributed by atoms with van der Waals surface area (Å²) < 4.78 is 27.4. The number of nitrogens with zero attached hydrogens (tertiary/aromatic N) is 4. The molecule has 4 rings (SSSR count). The third-order valence-corrected chi connectivity index (χ3v) is 6.84. The number of benzene rings is 1. The van der Waals surface area contributed by atoms with Crippen LogP contribution in [0.2, 0.25) is 0 Å². The summed E-state index contributed by atoms with van der Waals surface area (Å²) in [5.41, 5.74) is 1.96. The Labute approximate surface area is 159 Å². The van der Waals surface area contributed by atoms with Crippen molar-refractivity contribution in [2.45, 2.75) is 24.7 Å². The van der Waals surface area contributed by atoms with Crippen LogP contribution in [0.1, 0.15) is 18.4 Å². The molecule has 0 radical (unpaired) electrons. The van der Waals surface area contributed by atoms with Crippen molar-refractivity contribution in [1.82, 2.24) is 14.2 Å². The van der Waals surface area contributed by atoms with Crippen LogP contribution in [0.4, 0.5) is 11.5 Å². The lowest BCUT2D eigenvalue weighted by Crippen LogP contribution is -2.49. The minimum atomic E-state index is -3.77. The third-order valence-electron chi connectivity index (χ3n) is 5.04. The van der Waals surface area contributed by atoms with Gasteiger partial charge in [0, 0.05) is 25.0 Å². The van der Waals surface area contributed by atoms with Crippen LogP contribution in [-0.2, 0) is 14.8 Å². The predicted molar refractivity (Wildman–Crippen MR) is 102 cm³/mol. The number of sulfonamides is 1. The molecule has 2 aliphatic heterocycles. The topological polar surface area (TPSA) is 73.8 Å². The maximum absolute atomic E-state index is 13.1. The van der Waals surface area contributed by atoms with Crippen LogP contribution in [0, 0.1) is 6.92 Å². The van der Waals surface area contributed by atoms with Crippen LogP contribution in [-0.4, -0.2) is 54.8 Å². The number of amides is 1. The van der Waals surface area contributed by atoms with Crippen molar-refractivity contribution in [3.8, 4) is 0 Å². The number of aromatic nitrogens is 1. The van der Waals surface area contributed by atoms with Crippen LogP contribution >= 0.6 is 0 Å². The van der Waals surface area contributed by atoms with E-state index < -0.39 is 10.0 Å². The molecule has 8 heteroatoms. The van der Waals surface area contributed by atoms with E-state index in [2.05, 4.69) is 4.98 Å². The molecule has 0 atom stereocenters. The lowest BCUT2D eigenvalue weighted by atomic mass is 10.2.